The van der Waals surface area contributed by atoms with Gasteiger partial charge >= 0.3 is 5.97 Å². The Kier molecular flexibility index (Phi) is 4.53. The van der Waals surface area contributed by atoms with Crippen molar-refractivity contribution < 1.29 is 14.8 Å². The number of nitro benzene ring substituents is 1. The quantitative estimate of drug-likeness (QED) is 0.268. The standard InChI is InChI=1S/C11H10N6O4/c1-5-2-6(17(20)21)3-7(11(18)19)9(5)16-15-8(4-12)10(13)14/h2-3,16H,1H3,(H3,13,14)(H,18,19)/b15-8+. The number of hydrogen-bond acceptors (Lipinski definition) is 7. The van der Waals surface area contributed by atoms with E-state index >= 15 is 0 Å². The summed E-state index contributed by atoms with van der Waals surface area (Å²) in [6, 6.07) is 3.58. The molecule has 10 nitrogen and oxygen atoms in total. The molecule has 0 radical (unpaired) electrons. The first-order valence-corrected chi connectivity index (χ1v) is 5.38. The zero-order valence-corrected chi connectivity index (χ0v) is 10.7. The van der Waals surface area contributed by atoms with Crippen LogP contribution in [0.15, 0.2) is 17.2 Å². The second kappa shape index (κ2) is 6.11. The molecule has 0 fully saturated rings. The minimum absolute atomic E-state index is 0.0258. The van der Waals surface area contributed by atoms with Crippen molar-refractivity contribution in [3.8, 4) is 6.07 Å². The van der Waals surface area contributed by atoms with Gasteiger partial charge < -0.3 is 10.8 Å². The number of non-ortho nitro benzene ring substituents is 1. The number of carboxylic acids is 1. The van der Waals surface area contributed by atoms with Crippen LogP contribution in [0, 0.1) is 33.8 Å². The maximum atomic E-state index is 11.2. The molecule has 0 unspecified atom stereocenters. The van der Waals surface area contributed by atoms with Crippen LogP contribution in [0.1, 0.15) is 15.9 Å². The molecule has 21 heavy (non-hydrogen) atoms. The van der Waals surface area contributed by atoms with Gasteiger partial charge in [0.2, 0.25) is 5.71 Å². The summed E-state index contributed by atoms with van der Waals surface area (Å²) in [4.78, 5) is 21.2. The van der Waals surface area contributed by atoms with Crippen LogP contribution in [0.2, 0.25) is 0 Å². The van der Waals surface area contributed by atoms with E-state index in [2.05, 4.69) is 10.5 Å². The van der Waals surface area contributed by atoms with Gasteiger partial charge in [0.25, 0.3) is 5.69 Å². The van der Waals surface area contributed by atoms with Crippen molar-refractivity contribution in [3.63, 3.8) is 0 Å². The fraction of sp³-hybridized carbons (Fsp3) is 0.0909. The van der Waals surface area contributed by atoms with Gasteiger partial charge in [-0.25, -0.2) is 4.79 Å². The average Bonchev–Trinajstić information content (AvgIpc) is 2.39. The Morgan fingerprint density at radius 2 is 2.24 bits per heavy atom. The van der Waals surface area contributed by atoms with E-state index in [0.717, 1.165) is 12.1 Å². The minimum Gasteiger partial charge on any atom is -0.478 e. The van der Waals surface area contributed by atoms with Gasteiger partial charge in [-0.1, -0.05) is 0 Å². The molecule has 5 N–H and O–H groups in total. The van der Waals surface area contributed by atoms with E-state index in [4.69, 9.17) is 21.5 Å². The molecule has 0 bridgehead atoms. The fourth-order valence-electron chi connectivity index (χ4n) is 1.45. The Labute approximate surface area is 118 Å². The highest BCUT2D eigenvalue weighted by Gasteiger charge is 2.19. The van der Waals surface area contributed by atoms with E-state index in [1.54, 1.807) is 6.07 Å². The Balaban J connectivity index is 3.37. The lowest BCUT2D eigenvalue weighted by molar-refractivity contribution is -0.384. The second-order valence-electron chi connectivity index (χ2n) is 3.85. The largest absolute Gasteiger partial charge is 0.478 e. The lowest BCUT2D eigenvalue weighted by Crippen LogP contribution is -2.22. The summed E-state index contributed by atoms with van der Waals surface area (Å²) >= 11 is 0. The van der Waals surface area contributed by atoms with E-state index in [0.29, 0.717) is 0 Å². The predicted octanol–water partition coefficient (Wildman–Crippen LogP) is 0.829. The summed E-state index contributed by atoms with van der Waals surface area (Å²) in [6.07, 6.45) is 0. The Bertz CT molecular complexity index is 703. The van der Waals surface area contributed by atoms with Crippen LogP contribution in [-0.4, -0.2) is 27.5 Å². The first-order valence-electron chi connectivity index (χ1n) is 5.38. The smallest absolute Gasteiger partial charge is 0.338 e. The van der Waals surface area contributed by atoms with Crippen molar-refractivity contribution in [3.05, 3.63) is 33.4 Å². The minimum atomic E-state index is -1.40. The molecule has 0 aliphatic rings. The van der Waals surface area contributed by atoms with Gasteiger partial charge in [-0.15, -0.1) is 0 Å². The topological polar surface area (TPSA) is 178 Å². The van der Waals surface area contributed by atoms with Crippen molar-refractivity contribution >= 4 is 28.9 Å². The summed E-state index contributed by atoms with van der Waals surface area (Å²) in [6.45, 7) is 1.44. The molecule has 0 atom stereocenters. The van der Waals surface area contributed by atoms with E-state index in [1.807, 2.05) is 0 Å². The molecule has 0 aliphatic heterocycles. The number of rotatable bonds is 5. The number of anilines is 1. The molecule has 0 saturated heterocycles. The van der Waals surface area contributed by atoms with Crippen LogP contribution in [0.4, 0.5) is 11.4 Å². The molecule has 0 aliphatic carbocycles. The molecule has 0 aromatic heterocycles. The third kappa shape index (κ3) is 3.51. The van der Waals surface area contributed by atoms with Gasteiger partial charge in [-0.2, -0.15) is 10.4 Å². The van der Waals surface area contributed by atoms with Gasteiger partial charge in [0.15, 0.2) is 5.84 Å². The summed E-state index contributed by atoms with van der Waals surface area (Å²) in [7, 11) is 0. The Hall–Kier alpha value is -3.48. The number of amidine groups is 1. The highest BCUT2D eigenvalue weighted by molar-refractivity contribution is 6.45. The lowest BCUT2D eigenvalue weighted by atomic mass is 10.1. The van der Waals surface area contributed by atoms with E-state index < -0.39 is 22.4 Å². The summed E-state index contributed by atoms with van der Waals surface area (Å²) in [5, 5.41) is 39.1. The Morgan fingerprint density at radius 3 is 2.67 bits per heavy atom. The number of aryl methyl sites for hydroxylation is 1. The number of benzene rings is 1. The van der Waals surface area contributed by atoms with Crippen molar-refractivity contribution in [2.24, 2.45) is 10.8 Å². The number of nitriles is 1. The highest BCUT2D eigenvalue weighted by Crippen LogP contribution is 2.27. The third-order valence-corrected chi connectivity index (χ3v) is 2.40. The second-order valence-corrected chi connectivity index (χ2v) is 3.85. The number of nitrogens with zero attached hydrogens (tertiary/aromatic N) is 3. The number of hydrazone groups is 1. The number of nitrogens with one attached hydrogen (secondary N) is 2. The molecule has 0 spiro atoms. The first-order chi connectivity index (χ1) is 9.77. The first kappa shape index (κ1) is 15.6. The zero-order chi connectivity index (χ0) is 16.2. The fourth-order valence-corrected chi connectivity index (χ4v) is 1.45. The van der Waals surface area contributed by atoms with Crippen molar-refractivity contribution in [1.82, 2.24) is 0 Å². The predicted molar refractivity (Wildman–Crippen MR) is 73.4 cm³/mol. The van der Waals surface area contributed by atoms with Gasteiger partial charge in [-0.05, 0) is 12.5 Å². The van der Waals surface area contributed by atoms with Crippen LogP contribution < -0.4 is 11.2 Å². The van der Waals surface area contributed by atoms with E-state index in [9.17, 15) is 14.9 Å². The Morgan fingerprint density at radius 1 is 1.62 bits per heavy atom. The third-order valence-electron chi connectivity index (χ3n) is 2.40. The molecule has 0 saturated carbocycles. The van der Waals surface area contributed by atoms with E-state index in [1.165, 1.54) is 6.92 Å². The maximum Gasteiger partial charge on any atom is 0.338 e. The number of carbonyl (C=O) groups is 1. The molecular weight excluding hydrogens is 280 g/mol. The van der Waals surface area contributed by atoms with Crippen molar-refractivity contribution in [1.29, 1.82) is 10.7 Å². The van der Waals surface area contributed by atoms with Crippen LogP contribution in [0.5, 0.6) is 0 Å². The number of carboxylic acid groups (broad SMARTS) is 1. The van der Waals surface area contributed by atoms with Gasteiger partial charge in [-0.3, -0.25) is 20.9 Å². The molecule has 108 valence electrons. The molecule has 0 heterocycles. The number of nitrogens with two attached hydrogens (primary N) is 1. The van der Waals surface area contributed by atoms with Gasteiger partial charge in [0, 0.05) is 12.1 Å². The SMILES string of the molecule is Cc1cc([N+](=O)[O-])cc(C(=O)O)c1N/N=C(\C#N)C(=N)N. The maximum absolute atomic E-state index is 11.2. The van der Waals surface area contributed by atoms with Crippen LogP contribution in [-0.2, 0) is 0 Å². The zero-order valence-electron chi connectivity index (χ0n) is 10.7. The van der Waals surface area contributed by atoms with Crippen LogP contribution in [0.25, 0.3) is 0 Å². The summed E-state index contributed by atoms with van der Waals surface area (Å²) in [5.74, 6) is -2.00. The van der Waals surface area contributed by atoms with E-state index in [-0.39, 0.29) is 22.5 Å². The normalized spacial score (nSPS) is 10.6. The summed E-state index contributed by atoms with van der Waals surface area (Å²) in [5.41, 5.74) is 6.41. The molecule has 0 amide bonds. The molecule has 10 heteroatoms. The number of hydrogen-bond donors (Lipinski definition) is 4. The summed E-state index contributed by atoms with van der Waals surface area (Å²) < 4.78 is 0. The van der Waals surface area contributed by atoms with Crippen molar-refractivity contribution in [2.75, 3.05) is 5.43 Å². The van der Waals surface area contributed by atoms with Gasteiger partial charge in [0.1, 0.15) is 6.07 Å². The lowest BCUT2D eigenvalue weighted by Gasteiger charge is -2.09. The molecule has 1 aromatic carbocycles. The van der Waals surface area contributed by atoms with Crippen molar-refractivity contribution in [2.45, 2.75) is 6.92 Å². The number of aromatic carboxylic acids is 1. The molecular formula is C11H10N6O4. The number of nitro groups is 1. The molecule has 1 aromatic rings. The van der Waals surface area contributed by atoms with Crippen LogP contribution in [0.3, 0.4) is 0 Å². The van der Waals surface area contributed by atoms with Crippen LogP contribution >= 0.6 is 0 Å². The highest BCUT2D eigenvalue weighted by atomic mass is 16.6. The monoisotopic (exact) mass is 290 g/mol. The molecule has 1 rings (SSSR count). The van der Waals surface area contributed by atoms with Gasteiger partial charge in [0.05, 0.1) is 16.2 Å². The average molecular weight is 290 g/mol.